The first-order chi connectivity index (χ1) is 12.9. The average molecular weight is 434 g/mol. The van der Waals surface area contributed by atoms with E-state index in [1.165, 1.54) is 6.20 Å². The molecular formula is C17H21Cl2N3O4S. The minimum absolute atomic E-state index is 0.0481. The Hall–Kier alpha value is -1.32. The number of nitrogens with one attached hydrogen (secondary N) is 1. The zero-order valence-corrected chi connectivity index (χ0v) is 17.1. The standard InChI is InChI=1S/C17H21Cl2N3O4S/c1-2-27(23,24)21-16-5-6-25-10-12(16)11-26-14-3-4-17(15(19)7-14)22-9-13(18)8-20-22/h3-4,7-9,12,16,21H,2,5-6,10-11H2,1H3. The Kier molecular flexibility index (Phi) is 6.65. The molecule has 0 amide bonds. The number of aromatic nitrogens is 2. The van der Waals surface area contributed by atoms with E-state index in [-0.39, 0.29) is 17.7 Å². The van der Waals surface area contributed by atoms with Crippen LogP contribution in [0, 0.1) is 5.92 Å². The van der Waals surface area contributed by atoms with Crippen molar-refractivity contribution >= 4 is 33.2 Å². The first-order valence-corrected chi connectivity index (χ1v) is 11.0. The van der Waals surface area contributed by atoms with Crippen molar-refractivity contribution in [1.82, 2.24) is 14.5 Å². The molecule has 1 aromatic heterocycles. The van der Waals surface area contributed by atoms with Gasteiger partial charge in [0.2, 0.25) is 10.0 Å². The van der Waals surface area contributed by atoms with E-state index in [2.05, 4.69) is 9.82 Å². The van der Waals surface area contributed by atoms with Gasteiger partial charge in [-0.1, -0.05) is 23.2 Å². The van der Waals surface area contributed by atoms with Gasteiger partial charge in [0.15, 0.2) is 0 Å². The topological polar surface area (TPSA) is 82.5 Å². The van der Waals surface area contributed by atoms with E-state index in [1.807, 2.05) is 0 Å². The van der Waals surface area contributed by atoms with Crippen LogP contribution in [0.5, 0.6) is 5.75 Å². The predicted octanol–water partition coefficient (Wildman–Crippen LogP) is 2.90. The molecule has 0 spiro atoms. The molecule has 148 valence electrons. The zero-order chi connectivity index (χ0) is 19.4. The fourth-order valence-corrected chi connectivity index (χ4v) is 4.16. The molecule has 2 atom stereocenters. The minimum atomic E-state index is -3.28. The summed E-state index contributed by atoms with van der Waals surface area (Å²) in [5.74, 6) is 0.556. The van der Waals surface area contributed by atoms with Crippen LogP contribution in [0.25, 0.3) is 5.69 Å². The van der Waals surface area contributed by atoms with Gasteiger partial charge in [0.05, 0.1) is 40.9 Å². The summed E-state index contributed by atoms with van der Waals surface area (Å²) in [7, 11) is -3.28. The number of sulfonamides is 1. The molecule has 1 saturated heterocycles. The molecule has 3 rings (SSSR count). The van der Waals surface area contributed by atoms with E-state index in [0.717, 1.165) is 0 Å². The molecule has 0 aliphatic carbocycles. The zero-order valence-electron chi connectivity index (χ0n) is 14.8. The molecule has 0 bridgehead atoms. The number of ether oxygens (including phenoxy) is 2. The van der Waals surface area contributed by atoms with Crippen LogP contribution in [0.1, 0.15) is 13.3 Å². The summed E-state index contributed by atoms with van der Waals surface area (Å²) in [6.45, 7) is 2.90. The lowest BCUT2D eigenvalue weighted by Gasteiger charge is -2.31. The molecule has 2 aromatic rings. The summed E-state index contributed by atoms with van der Waals surface area (Å²) in [6.07, 6.45) is 3.81. The maximum absolute atomic E-state index is 11.9. The van der Waals surface area contributed by atoms with Crippen molar-refractivity contribution in [3.05, 3.63) is 40.6 Å². The Morgan fingerprint density at radius 2 is 2.22 bits per heavy atom. The van der Waals surface area contributed by atoms with E-state index in [1.54, 1.807) is 36.0 Å². The molecule has 1 N–H and O–H groups in total. The molecule has 2 unspecified atom stereocenters. The molecule has 2 heterocycles. The Morgan fingerprint density at radius 1 is 1.41 bits per heavy atom. The van der Waals surface area contributed by atoms with Crippen LogP contribution in [0.3, 0.4) is 0 Å². The Morgan fingerprint density at radius 3 is 2.89 bits per heavy atom. The summed E-state index contributed by atoms with van der Waals surface area (Å²) in [4.78, 5) is 0. The summed E-state index contributed by atoms with van der Waals surface area (Å²) in [6, 6.07) is 5.06. The largest absolute Gasteiger partial charge is 0.493 e. The van der Waals surface area contributed by atoms with Crippen LogP contribution >= 0.6 is 23.2 Å². The van der Waals surface area contributed by atoms with Gasteiger partial charge in [0.25, 0.3) is 0 Å². The summed E-state index contributed by atoms with van der Waals surface area (Å²) >= 11 is 12.2. The van der Waals surface area contributed by atoms with Crippen LogP contribution in [-0.4, -0.2) is 49.8 Å². The minimum Gasteiger partial charge on any atom is -0.493 e. The van der Waals surface area contributed by atoms with Gasteiger partial charge in [-0.2, -0.15) is 5.10 Å². The van der Waals surface area contributed by atoms with Gasteiger partial charge in [-0.25, -0.2) is 17.8 Å². The van der Waals surface area contributed by atoms with Crippen molar-refractivity contribution in [1.29, 1.82) is 0 Å². The summed E-state index contributed by atoms with van der Waals surface area (Å²) in [5, 5.41) is 5.11. The number of nitrogens with zero attached hydrogens (tertiary/aromatic N) is 2. The van der Waals surface area contributed by atoms with E-state index in [4.69, 9.17) is 32.7 Å². The fraction of sp³-hybridized carbons (Fsp3) is 0.471. The van der Waals surface area contributed by atoms with Crippen molar-refractivity contribution in [3.63, 3.8) is 0 Å². The normalized spacial score (nSPS) is 20.6. The van der Waals surface area contributed by atoms with Gasteiger partial charge in [0.1, 0.15) is 5.75 Å². The van der Waals surface area contributed by atoms with Crippen molar-refractivity contribution in [2.45, 2.75) is 19.4 Å². The molecule has 7 nitrogen and oxygen atoms in total. The number of benzene rings is 1. The Balaban J connectivity index is 1.65. The number of halogens is 2. The van der Waals surface area contributed by atoms with Crippen LogP contribution in [0.4, 0.5) is 0 Å². The van der Waals surface area contributed by atoms with Crippen molar-refractivity contribution in [2.24, 2.45) is 5.92 Å². The van der Waals surface area contributed by atoms with Gasteiger partial charge in [-0.3, -0.25) is 0 Å². The summed E-state index contributed by atoms with van der Waals surface area (Å²) < 4.78 is 39.4. The van der Waals surface area contributed by atoms with Gasteiger partial charge >= 0.3 is 0 Å². The number of hydrogen-bond acceptors (Lipinski definition) is 5. The maximum Gasteiger partial charge on any atom is 0.211 e. The van der Waals surface area contributed by atoms with Crippen molar-refractivity contribution in [3.8, 4) is 11.4 Å². The van der Waals surface area contributed by atoms with Crippen LogP contribution in [0.15, 0.2) is 30.6 Å². The van der Waals surface area contributed by atoms with E-state index in [9.17, 15) is 8.42 Å². The molecule has 1 fully saturated rings. The lowest BCUT2D eigenvalue weighted by Crippen LogP contribution is -2.47. The smallest absolute Gasteiger partial charge is 0.211 e. The Labute approximate surface area is 168 Å². The molecule has 0 radical (unpaired) electrons. The lowest BCUT2D eigenvalue weighted by molar-refractivity contribution is 0.0186. The fourth-order valence-electron chi connectivity index (χ4n) is 2.83. The average Bonchev–Trinajstić information content (AvgIpc) is 3.07. The van der Waals surface area contributed by atoms with Gasteiger partial charge in [-0.15, -0.1) is 0 Å². The van der Waals surface area contributed by atoms with Gasteiger partial charge < -0.3 is 9.47 Å². The van der Waals surface area contributed by atoms with E-state index < -0.39 is 10.0 Å². The third-order valence-electron chi connectivity index (χ3n) is 4.37. The van der Waals surface area contributed by atoms with Crippen LogP contribution in [-0.2, 0) is 14.8 Å². The third-order valence-corrected chi connectivity index (χ3v) is 6.29. The van der Waals surface area contributed by atoms with Crippen LogP contribution < -0.4 is 9.46 Å². The van der Waals surface area contributed by atoms with Gasteiger partial charge in [0, 0.05) is 30.8 Å². The maximum atomic E-state index is 11.9. The highest BCUT2D eigenvalue weighted by Crippen LogP contribution is 2.27. The second-order valence-corrected chi connectivity index (χ2v) is 9.16. The predicted molar refractivity (Wildman–Crippen MR) is 104 cm³/mol. The quantitative estimate of drug-likeness (QED) is 0.725. The number of hydrogen-bond donors (Lipinski definition) is 1. The lowest BCUT2D eigenvalue weighted by atomic mass is 9.98. The van der Waals surface area contributed by atoms with Crippen molar-refractivity contribution < 1.29 is 17.9 Å². The molecular weight excluding hydrogens is 413 g/mol. The molecule has 1 aliphatic rings. The monoisotopic (exact) mass is 433 g/mol. The first-order valence-electron chi connectivity index (χ1n) is 8.58. The molecule has 0 saturated carbocycles. The van der Waals surface area contributed by atoms with E-state index >= 15 is 0 Å². The van der Waals surface area contributed by atoms with Crippen LogP contribution in [0.2, 0.25) is 10.0 Å². The third kappa shape index (κ3) is 5.36. The molecule has 10 heteroatoms. The van der Waals surface area contributed by atoms with E-state index in [0.29, 0.717) is 47.7 Å². The SMILES string of the molecule is CCS(=O)(=O)NC1CCOCC1COc1ccc(-n2cc(Cl)cn2)c(Cl)c1. The second-order valence-electron chi connectivity index (χ2n) is 6.28. The summed E-state index contributed by atoms with van der Waals surface area (Å²) in [5.41, 5.74) is 0.686. The molecule has 1 aliphatic heterocycles. The number of rotatable bonds is 7. The molecule has 1 aromatic carbocycles. The highest BCUT2D eigenvalue weighted by atomic mass is 35.5. The highest BCUT2D eigenvalue weighted by Gasteiger charge is 2.29. The Bertz CT molecular complexity index is 888. The van der Waals surface area contributed by atoms with Crippen molar-refractivity contribution in [2.75, 3.05) is 25.6 Å². The second kappa shape index (κ2) is 8.79. The first kappa shape index (κ1) is 20.4. The molecule has 27 heavy (non-hydrogen) atoms. The van der Waals surface area contributed by atoms with Gasteiger partial charge in [-0.05, 0) is 25.5 Å². The highest BCUT2D eigenvalue weighted by molar-refractivity contribution is 7.89.